The lowest BCUT2D eigenvalue weighted by Crippen LogP contribution is -2.60. The average molecular weight is 519 g/mol. The van der Waals surface area contributed by atoms with Crippen LogP contribution in [0.2, 0.25) is 5.02 Å². The minimum atomic E-state index is -1.09. The topological polar surface area (TPSA) is 69.6 Å². The standard InChI is InChI=1S/C31H35ClN2O3/c1-21(2)27(33-28(35)24-12-10-23(11-13-24)22-8-6-5-7-9-22)29(36)34-19-18-31(37,30(3,4)20-34)25-14-16-26(32)17-15-25/h5-17,21,27,37H,18-20H2,1-4H3,(H,33,35)/t27-,31+/m1/s1. The van der Waals surface area contributed by atoms with Crippen LogP contribution in [-0.4, -0.2) is 41.0 Å². The first-order valence-corrected chi connectivity index (χ1v) is 13.1. The first-order chi connectivity index (χ1) is 17.5. The van der Waals surface area contributed by atoms with Crippen LogP contribution in [0.15, 0.2) is 78.9 Å². The second-order valence-electron chi connectivity index (χ2n) is 10.9. The summed E-state index contributed by atoms with van der Waals surface area (Å²) in [5.41, 5.74) is 1.71. The number of hydrogen-bond donors (Lipinski definition) is 2. The number of benzene rings is 3. The van der Waals surface area contributed by atoms with Gasteiger partial charge in [-0.1, -0.05) is 93.9 Å². The second-order valence-corrected chi connectivity index (χ2v) is 11.3. The maximum atomic E-state index is 13.6. The van der Waals surface area contributed by atoms with E-state index in [0.29, 0.717) is 30.1 Å². The van der Waals surface area contributed by atoms with Crippen LogP contribution < -0.4 is 5.32 Å². The van der Waals surface area contributed by atoms with Crippen LogP contribution in [0.5, 0.6) is 0 Å². The summed E-state index contributed by atoms with van der Waals surface area (Å²) in [5, 5.41) is 15.2. The van der Waals surface area contributed by atoms with Gasteiger partial charge in [0.1, 0.15) is 6.04 Å². The number of carbonyl (C=O) groups excluding carboxylic acids is 2. The third kappa shape index (κ3) is 5.58. The van der Waals surface area contributed by atoms with Gasteiger partial charge in [-0.3, -0.25) is 9.59 Å². The van der Waals surface area contributed by atoms with Crippen molar-refractivity contribution in [2.24, 2.45) is 11.3 Å². The van der Waals surface area contributed by atoms with Crippen LogP contribution in [0.25, 0.3) is 11.1 Å². The van der Waals surface area contributed by atoms with Crippen molar-refractivity contribution in [3.05, 3.63) is 95.0 Å². The molecule has 3 aromatic rings. The fourth-order valence-electron chi connectivity index (χ4n) is 5.15. The Morgan fingerprint density at radius 1 is 0.919 bits per heavy atom. The summed E-state index contributed by atoms with van der Waals surface area (Å²) >= 11 is 6.05. The SMILES string of the molecule is CC(C)[C@@H](NC(=O)c1ccc(-c2ccccc2)cc1)C(=O)N1CC[C@](O)(c2ccc(Cl)cc2)C(C)(C)C1. The number of nitrogens with one attached hydrogen (secondary N) is 1. The predicted molar refractivity (Wildman–Crippen MR) is 148 cm³/mol. The van der Waals surface area contributed by atoms with E-state index in [1.54, 1.807) is 29.2 Å². The highest BCUT2D eigenvalue weighted by Crippen LogP contribution is 2.46. The molecule has 2 amide bonds. The number of carbonyl (C=O) groups is 2. The van der Waals surface area contributed by atoms with Crippen molar-refractivity contribution < 1.29 is 14.7 Å². The van der Waals surface area contributed by atoms with Gasteiger partial charge < -0.3 is 15.3 Å². The lowest BCUT2D eigenvalue weighted by molar-refractivity contribution is -0.155. The molecule has 1 aliphatic rings. The smallest absolute Gasteiger partial charge is 0.251 e. The molecule has 0 radical (unpaired) electrons. The molecule has 0 unspecified atom stereocenters. The highest BCUT2D eigenvalue weighted by molar-refractivity contribution is 6.30. The Bertz CT molecular complexity index is 1240. The summed E-state index contributed by atoms with van der Waals surface area (Å²) in [6, 6.07) is 24.0. The van der Waals surface area contributed by atoms with Crippen molar-refractivity contribution >= 4 is 23.4 Å². The molecule has 1 heterocycles. The summed E-state index contributed by atoms with van der Waals surface area (Å²) in [5.74, 6) is -0.503. The highest BCUT2D eigenvalue weighted by Gasteiger charge is 2.50. The lowest BCUT2D eigenvalue weighted by Gasteiger charge is -2.51. The summed E-state index contributed by atoms with van der Waals surface area (Å²) in [6.45, 7) is 8.57. The van der Waals surface area contributed by atoms with E-state index in [1.807, 2.05) is 82.3 Å². The van der Waals surface area contributed by atoms with E-state index in [0.717, 1.165) is 16.7 Å². The summed E-state index contributed by atoms with van der Waals surface area (Å²) in [4.78, 5) is 28.5. The predicted octanol–water partition coefficient (Wildman–Crippen LogP) is 5.91. The van der Waals surface area contributed by atoms with Gasteiger partial charge in [0.25, 0.3) is 5.91 Å². The number of hydrogen-bond acceptors (Lipinski definition) is 3. The van der Waals surface area contributed by atoms with E-state index in [2.05, 4.69) is 5.32 Å². The molecule has 1 fully saturated rings. The van der Waals surface area contributed by atoms with Gasteiger partial charge in [0, 0.05) is 29.1 Å². The molecule has 3 aromatic carbocycles. The molecule has 2 N–H and O–H groups in total. The normalized spacial score (nSPS) is 19.9. The van der Waals surface area contributed by atoms with Crippen molar-refractivity contribution in [1.82, 2.24) is 10.2 Å². The maximum absolute atomic E-state index is 13.6. The zero-order valence-electron chi connectivity index (χ0n) is 21.9. The van der Waals surface area contributed by atoms with Crippen LogP contribution in [0.3, 0.4) is 0 Å². The molecule has 1 saturated heterocycles. The van der Waals surface area contributed by atoms with Gasteiger partial charge in [0.2, 0.25) is 5.91 Å². The van der Waals surface area contributed by atoms with Gasteiger partial charge in [-0.05, 0) is 53.3 Å². The number of halogens is 1. The average Bonchev–Trinajstić information content (AvgIpc) is 2.89. The molecule has 1 aliphatic heterocycles. The molecule has 37 heavy (non-hydrogen) atoms. The number of likely N-dealkylation sites (tertiary alicyclic amines) is 1. The minimum absolute atomic E-state index is 0.0970. The molecule has 0 spiro atoms. The number of rotatable bonds is 6. The molecule has 5 nitrogen and oxygen atoms in total. The van der Waals surface area contributed by atoms with E-state index in [4.69, 9.17) is 11.6 Å². The van der Waals surface area contributed by atoms with Crippen molar-refractivity contribution in [3.63, 3.8) is 0 Å². The first-order valence-electron chi connectivity index (χ1n) is 12.8. The Kier molecular flexibility index (Phi) is 7.77. The zero-order chi connectivity index (χ0) is 26.8. The lowest BCUT2D eigenvalue weighted by atomic mass is 9.66. The van der Waals surface area contributed by atoms with Gasteiger partial charge in [-0.25, -0.2) is 0 Å². The van der Waals surface area contributed by atoms with Crippen molar-refractivity contribution in [3.8, 4) is 11.1 Å². The number of aliphatic hydroxyl groups is 1. The molecular formula is C31H35ClN2O3. The van der Waals surface area contributed by atoms with Crippen LogP contribution >= 0.6 is 11.6 Å². The molecule has 6 heteroatoms. The number of amides is 2. The molecule has 194 valence electrons. The van der Waals surface area contributed by atoms with Gasteiger partial charge in [0.05, 0.1) is 5.60 Å². The van der Waals surface area contributed by atoms with Crippen molar-refractivity contribution in [2.45, 2.75) is 45.8 Å². The Hall–Kier alpha value is -3.15. The van der Waals surface area contributed by atoms with E-state index in [1.165, 1.54) is 0 Å². The van der Waals surface area contributed by atoms with Gasteiger partial charge >= 0.3 is 0 Å². The summed E-state index contributed by atoms with van der Waals surface area (Å²) in [6.07, 6.45) is 0.396. The number of piperidine rings is 1. The van der Waals surface area contributed by atoms with Gasteiger partial charge in [0.15, 0.2) is 0 Å². The van der Waals surface area contributed by atoms with E-state index >= 15 is 0 Å². The molecule has 0 aromatic heterocycles. The highest BCUT2D eigenvalue weighted by atomic mass is 35.5. The van der Waals surface area contributed by atoms with Crippen LogP contribution in [0.1, 0.15) is 50.0 Å². The largest absolute Gasteiger partial charge is 0.384 e. The molecule has 0 saturated carbocycles. The Labute approximate surface area is 224 Å². The summed E-state index contributed by atoms with van der Waals surface area (Å²) in [7, 11) is 0. The van der Waals surface area contributed by atoms with Gasteiger partial charge in [-0.2, -0.15) is 0 Å². The Morgan fingerprint density at radius 3 is 2.08 bits per heavy atom. The van der Waals surface area contributed by atoms with Crippen LogP contribution in [-0.2, 0) is 10.4 Å². The molecule has 2 atom stereocenters. The van der Waals surface area contributed by atoms with E-state index in [9.17, 15) is 14.7 Å². The van der Waals surface area contributed by atoms with Gasteiger partial charge in [-0.15, -0.1) is 0 Å². The quantitative estimate of drug-likeness (QED) is 0.426. The van der Waals surface area contributed by atoms with Crippen LogP contribution in [0, 0.1) is 11.3 Å². The maximum Gasteiger partial charge on any atom is 0.251 e. The molecular weight excluding hydrogens is 484 g/mol. The summed E-state index contributed by atoms with van der Waals surface area (Å²) < 4.78 is 0. The first kappa shape index (κ1) is 26.9. The second kappa shape index (κ2) is 10.7. The number of nitrogens with zero attached hydrogens (tertiary/aromatic N) is 1. The third-order valence-corrected chi connectivity index (χ3v) is 7.81. The van der Waals surface area contributed by atoms with Crippen LogP contribution in [0.4, 0.5) is 0 Å². The van der Waals surface area contributed by atoms with E-state index in [-0.39, 0.29) is 17.7 Å². The van der Waals surface area contributed by atoms with E-state index < -0.39 is 17.1 Å². The third-order valence-electron chi connectivity index (χ3n) is 7.56. The minimum Gasteiger partial charge on any atom is -0.384 e. The fourth-order valence-corrected chi connectivity index (χ4v) is 5.28. The van der Waals surface area contributed by atoms with Crippen molar-refractivity contribution in [1.29, 1.82) is 0 Å². The molecule has 0 aliphatic carbocycles. The van der Waals surface area contributed by atoms with Crippen molar-refractivity contribution in [2.75, 3.05) is 13.1 Å². The Balaban J connectivity index is 1.47. The zero-order valence-corrected chi connectivity index (χ0v) is 22.6. The monoisotopic (exact) mass is 518 g/mol. The fraction of sp³-hybridized carbons (Fsp3) is 0.355. The molecule has 4 rings (SSSR count). The molecule has 0 bridgehead atoms. The Morgan fingerprint density at radius 2 is 1.51 bits per heavy atom.